The molecule has 0 bridgehead atoms. The molecule has 2 aromatic carbocycles. The number of nitrogens with two attached hydrogens (primary N) is 2. The summed E-state index contributed by atoms with van der Waals surface area (Å²) in [4.78, 5) is 7.13. The van der Waals surface area contributed by atoms with Crippen LogP contribution in [0.25, 0.3) is 21.8 Å². The molecule has 0 spiro atoms. The van der Waals surface area contributed by atoms with E-state index in [2.05, 4.69) is 22.3 Å². The minimum Gasteiger partial charge on any atom is -0.399 e. The van der Waals surface area contributed by atoms with E-state index in [0.717, 1.165) is 59.4 Å². The number of anilines is 3. The summed E-state index contributed by atoms with van der Waals surface area (Å²) in [5, 5.41) is 5.63. The fourth-order valence-corrected chi connectivity index (χ4v) is 3.12. The zero-order valence-corrected chi connectivity index (χ0v) is 12.3. The van der Waals surface area contributed by atoms with Crippen molar-refractivity contribution in [3.63, 3.8) is 0 Å². The molecule has 1 aliphatic heterocycles. The van der Waals surface area contributed by atoms with Gasteiger partial charge in [-0.15, -0.1) is 0 Å². The van der Waals surface area contributed by atoms with Crippen molar-refractivity contribution in [2.45, 2.75) is 0 Å². The van der Waals surface area contributed by atoms with Crippen molar-refractivity contribution >= 4 is 38.9 Å². The molecular formula is C17H19N5. The number of aromatic nitrogens is 1. The average molecular weight is 293 g/mol. The highest BCUT2D eigenvalue weighted by Crippen LogP contribution is 2.32. The van der Waals surface area contributed by atoms with Gasteiger partial charge in [0, 0.05) is 54.0 Å². The molecule has 4 rings (SSSR count). The summed E-state index contributed by atoms with van der Waals surface area (Å²) in [5.74, 6) is 0. The molecule has 1 fully saturated rings. The van der Waals surface area contributed by atoms with E-state index < -0.39 is 0 Å². The molecule has 5 heteroatoms. The molecule has 22 heavy (non-hydrogen) atoms. The average Bonchev–Trinajstić information content (AvgIpc) is 2.53. The van der Waals surface area contributed by atoms with Crippen LogP contribution in [0.1, 0.15) is 0 Å². The van der Waals surface area contributed by atoms with Crippen molar-refractivity contribution in [1.82, 2.24) is 10.3 Å². The first-order valence-electron chi connectivity index (χ1n) is 7.56. The van der Waals surface area contributed by atoms with E-state index in [4.69, 9.17) is 16.5 Å². The third-order valence-electron chi connectivity index (χ3n) is 4.21. The Kier molecular flexibility index (Phi) is 3.01. The number of piperazine rings is 1. The second-order valence-corrected chi connectivity index (χ2v) is 5.78. The van der Waals surface area contributed by atoms with E-state index >= 15 is 0 Å². The second-order valence-electron chi connectivity index (χ2n) is 5.78. The number of hydrogen-bond acceptors (Lipinski definition) is 5. The predicted molar refractivity (Wildman–Crippen MR) is 93.2 cm³/mol. The summed E-state index contributed by atoms with van der Waals surface area (Å²) in [5.41, 5.74) is 16.4. The normalized spacial score (nSPS) is 15.5. The second kappa shape index (κ2) is 5.03. The highest BCUT2D eigenvalue weighted by Gasteiger charge is 2.15. The number of benzene rings is 2. The molecule has 1 saturated heterocycles. The molecule has 0 amide bonds. The van der Waals surface area contributed by atoms with Crippen LogP contribution in [-0.4, -0.2) is 31.2 Å². The fraction of sp³-hybridized carbons (Fsp3) is 0.235. The quantitative estimate of drug-likeness (QED) is 0.472. The minimum absolute atomic E-state index is 0.727. The summed E-state index contributed by atoms with van der Waals surface area (Å²) >= 11 is 0. The molecule has 5 nitrogen and oxygen atoms in total. The van der Waals surface area contributed by atoms with Gasteiger partial charge in [-0.2, -0.15) is 0 Å². The first kappa shape index (κ1) is 13.2. The topological polar surface area (TPSA) is 80.2 Å². The van der Waals surface area contributed by atoms with Gasteiger partial charge in [0.1, 0.15) is 0 Å². The number of pyridine rings is 1. The van der Waals surface area contributed by atoms with Gasteiger partial charge in [-0.25, -0.2) is 4.98 Å². The smallest absolute Gasteiger partial charge is 0.0751 e. The Morgan fingerprint density at radius 2 is 1.68 bits per heavy atom. The third kappa shape index (κ3) is 2.19. The molecule has 0 saturated carbocycles. The highest BCUT2D eigenvalue weighted by molar-refractivity contribution is 6.01. The highest BCUT2D eigenvalue weighted by atomic mass is 15.2. The number of nitrogens with one attached hydrogen (secondary N) is 1. The van der Waals surface area contributed by atoms with Crippen LogP contribution in [0.4, 0.5) is 17.1 Å². The number of nitrogen functional groups attached to an aromatic ring is 2. The van der Waals surface area contributed by atoms with Crippen LogP contribution >= 0.6 is 0 Å². The molecule has 5 N–H and O–H groups in total. The minimum atomic E-state index is 0.727. The van der Waals surface area contributed by atoms with Gasteiger partial charge >= 0.3 is 0 Å². The standard InChI is InChI=1S/C17H19N5/c18-12-2-1-11-7-14-16(21-15(11)8-12)9-13(19)10-17(14)22-5-3-20-4-6-22/h1-2,7-10,20H,3-6,18-19H2. The fourth-order valence-electron chi connectivity index (χ4n) is 3.12. The van der Waals surface area contributed by atoms with E-state index in [0.29, 0.717) is 0 Å². The van der Waals surface area contributed by atoms with Crippen LogP contribution in [-0.2, 0) is 0 Å². The van der Waals surface area contributed by atoms with Gasteiger partial charge in [0.15, 0.2) is 0 Å². The van der Waals surface area contributed by atoms with Crippen molar-refractivity contribution in [3.8, 4) is 0 Å². The SMILES string of the molecule is Nc1ccc2cc3c(N4CCNCC4)cc(N)cc3nc2c1. The summed E-state index contributed by atoms with van der Waals surface area (Å²) in [6.45, 7) is 3.96. The van der Waals surface area contributed by atoms with Gasteiger partial charge in [0.2, 0.25) is 0 Å². The van der Waals surface area contributed by atoms with E-state index in [9.17, 15) is 0 Å². The molecule has 1 aromatic heterocycles. The largest absolute Gasteiger partial charge is 0.399 e. The predicted octanol–water partition coefficient (Wildman–Crippen LogP) is 1.96. The number of fused-ring (bicyclic) bond motifs is 2. The number of rotatable bonds is 1. The van der Waals surface area contributed by atoms with E-state index in [1.165, 1.54) is 5.69 Å². The molecule has 0 aliphatic carbocycles. The molecule has 3 aromatic rings. The maximum absolute atomic E-state index is 6.10. The molecule has 1 aliphatic rings. The zero-order chi connectivity index (χ0) is 15.1. The Morgan fingerprint density at radius 3 is 2.50 bits per heavy atom. The first-order chi connectivity index (χ1) is 10.7. The lowest BCUT2D eigenvalue weighted by Crippen LogP contribution is -2.43. The summed E-state index contributed by atoms with van der Waals surface area (Å²) in [6.07, 6.45) is 0. The molecular weight excluding hydrogens is 274 g/mol. The van der Waals surface area contributed by atoms with Gasteiger partial charge < -0.3 is 21.7 Å². The zero-order valence-electron chi connectivity index (χ0n) is 12.3. The molecule has 0 radical (unpaired) electrons. The van der Waals surface area contributed by atoms with Gasteiger partial charge in [-0.3, -0.25) is 0 Å². The molecule has 112 valence electrons. The molecule has 0 atom stereocenters. The lowest BCUT2D eigenvalue weighted by atomic mass is 10.1. The van der Waals surface area contributed by atoms with Gasteiger partial charge in [0.05, 0.1) is 11.0 Å². The van der Waals surface area contributed by atoms with Crippen LogP contribution in [0.5, 0.6) is 0 Å². The van der Waals surface area contributed by atoms with Gasteiger partial charge in [-0.05, 0) is 30.3 Å². The maximum Gasteiger partial charge on any atom is 0.0751 e. The van der Waals surface area contributed by atoms with Crippen LogP contribution in [0.15, 0.2) is 36.4 Å². The van der Waals surface area contributed by atoms with Crippen molar-refractivity contribution < 1.29 is 0 Å². The van der Waals surface area contributed by atoms with Crippen molar-refractivity contribution in [1.29, 1.82) is 0 Å². The summed E-state index contributed by atoms with van der Waals surface area (Å²) < 4.78 is 0. The lowest BCUT2D eigenvalue weighted by molar-refractivity contribution is 0.590. The molecule has 0 unspecified atom stereocenters. The number of hydrogen-bond donors (Lipinski definition) is 3. The number of nitrogens with zero attached hydrogens (tertiary/aromatic N) is 2. The maximum atomic E-state index is 6.10. The van der Waals surface area contributed by atoms with Crippen LogP contribution in [0, 0.1) is 0 Å². The van der Waals surface area contributed by atoms with Crippen molar-refractivity contribution in [2.75, 3.05) is 42.5 Å². The Morgan fingerprint density at radius 1 is 0.909 bits per heavy atom. The van der Waals surface area contributed by atoms with Gasteiger partial charge in [0.25, 0.3) is 0 Å². The summed E-state index contributed by atoms with van der Waals surface area (Å²) in [6, 6.07) is 12.0. The van der Waals surface area contributed by atoms with Crippen molar-refractivity contribution in [2.24, 2.45) is 0 Å². The van der Waals surface area contributed by atoms with Crippen LogP contribution < -0.4 is 21.7 Å². The Labute approximate surface area is 128 Å². The lowest BCUT2D eigenvalue weighted by Gasteiger charge is -2.30. The van der Waals surface area contributed by atoms with E-state index in [1.807, 2.05) is 24.3 Å². The van der Waals surface area contributed by atoms with Crippen LogP contribution in [0.3, 0.4) is 0 Å². The summed E-state index contributed by atoms with van der Waals surface area (Å²) in [7, 11) is 0. The Bertz CT molecular complexity index is 852. The Hall–Kier alpha value is -2.53. The van der Waals surface area contributed by atoms with E-state index in [-0.39, 0.29) is 0 Å². The van der Waals surface area contributed by atoms with Crippen LogP contribution in [0.2, 0.25) is 0 Å². The Balaban J connectivity index is 1.97. The third-order valence-corrected chi connectivity index (χ3v) is 4.21. The van der Waals surface area contributed by atoms with Gasteiger partial charge in [-0.1, -0.05) is 6.07 Å². The van der Waals surface area contributed by atoms with Crippen molar-refractivity contribution in [3.05, 3.63) is 36.4 Å². The first-order valence-corrected chi connectivity index (χ1v) is 7.56. The molecule has 2 heterocycles. The van der Waals surface area contributed by atoms with E-state index in [1.54, 1.807) is 0 Å². The monoisotopic (exact) mass is 293 g/mol.